The monoisotopic (exact) mass is 297 g/mol. The van der Waals surface area contributed by atoms with E-state index < -0.39 is 6.03 Å². The smallest absolute Gasteiger partial charge is 0.321 e. The number of urea groups is 1. The lowest BCUT2D eigenvalue weighted by molar-refractivity contribution is -0.119. The fourth-order valence-corrected chi connectivity index (χ4v) is 1.93. The van der Waals surface area contributed by atoms with Crippen molar-refractivity contribution in [1.29, 1.82) is 0 Å². The van der Waals surface area contributed by atoms with E-state index in [2.05, 4.69) is 16.0 Å². The highest BCUT2D eigenvalue weighted by Gasteiger charge is 2.11. The van der Waals surface area contributed by atoms with Gasteiger partial charge >= 0.3 is 6.03 Å². The van der Waals surface area contributed by atoms with Gasteiger partial charge in [0.2, 0.25) is 5.91 Å². The topological polar surface area (TPSA) is 70.2 Å². The zero-order valence-corrected chi connectivity index (χ0v) is 12.5. The van der Waals surface area contributed by atoms with Gasteiger partial charge in [-0.3, -0.25) is 10.1 Å². The first kappa shape index (κ1) is 16.5. The first-order chi connectivity index (χ1) is 9.54. The number of halogens is 1. The van der Waals surface area contributed by atoms with Crippen LogP contribution in [-0.4, -0.2) is 25.0 Å². The van der Waals surface area contributed by atoms with E-state index in [0.29, 0.717) is 11.6 Å². The van der Waals surface area contributed by atoms with Crippen LogP contribution < -0.4 is 16.0 Å². The quantitative estimate of drug-likeness (QED) is 0.754. The number of imide groups is 1. The second kappa shape index (κ2) is 8.55. The Morgan fingerprint density at radius 3 is 2.65 bits per heavy atom. The van der Waals surface area contributed by atoms with Crippen LogP contribution in [0.25, 0.3) is 0 Å². The van der Waals surface area contributed by atoms with Gasteiger partial charge in [-0.15, -0.1) is 0 Å². The van der Waals surface area contributed by atoms with E-state index in [-0.39, 0.29) is 18.5 Å². The van der Waals surface area contributed by atoms with Crippen molar-refractivity contribution >= 4 is 23.5 Å². The molecule has 1 aromatic carbocycles. The third kappa shape index (κ3) is 5.59. The van der Waals surface area contributed by atoms with E-state index >= 15 is 0 Å². The Hall–Kier alpha value is -1.59. The van der Waals surface area contributed by atoms with E-state index in [1.54, 1.807) is 6.07 Å². The van der Waals surface area contributed by atoms with Crippen molar-refractivity contribution < 1.29 is 9.59 Å². The van der Waals surface area contributed by atoms with E-state index in [0.717, 1.165) is 12.0 Å². The van der Waals surface area contributed by atoms with Gasteiger partial charge in [0.1, 0.15) is 0 Å². The van der Waals surface area contributed by atoms with E-state index in [9.17, 15) is 9.59 Å². The molecule has 6 heteroatoms. The Morgan fingerprint density at radius 2 is 2.00 bits per heavy atom. The molecule has 0 aliphatic heterocycles. The van der Waals surface area contributed by atoms with Gasteiger partial charge in [-0.1, -0.05) is 36.7 Å². The van der Waals surface area contributed by atoms with Gasteiger partial charge in [0.05, 0.1) is 6.54 Å². The molecule has 0 unspecified atom stereocenters. The molecular weight excluding hydrogens is 278 g/mol. The third-order valence-corrected chi connectivity index (χ3v) is 3.07. The van der Waals surface area contributed by atoms with Crippen LogP contribution in [0.3, 0.4) is 0 Å². The highest BCUT2D eigenvalue weighted by molar-refractivity contribution is 6.31. The van der Waals surface area contributed by atoms with Gasteiger partial charge in [-0.05, 0) is 25.0 Å². The molecule has 0 spiro atoms. The van der Waals surface area contributed by atoms with Crippen LogP contribution in [0, 0.1) is 0 Å². The fourth-order valence-electron chi connectivity index (χ4n) is 1.64. The number of benzene rings is 1. The van der Waals surface area contributed by atoms with Crippen LogP contribution in [0.15, 0.2) is 24.3 Å². The van der Waals surface area contributed by atoms with Crippen LogP contribution in [0.1, 0.15) is 31.9 Å². The number of rotatable bonds is 6. The second-order valence-corrected chi connectivity index (χ2v) is 4.84. The summed E-state index contributed by atoms with van der Waals surface area (Å²) in [6.07, 6.45) is 0.823. The van der Waals surface area contributed by atoms with Gasteiger partial charge in [0.15, 0.2) is 0 Å². The number of amides is 3. The Bertz CT molecular complexity index is 465. The van der Waals surface area contributed by atoms with Crippen molar-refractivity contribution in [2.45, 2.75) is 26.3 Å². The van der Waals surface area contributed by atoms with Crippen LogP contribution >= 0.6 is 11.6 Å². The lowest BCUT2D eigenvalue weighted by atomic mass is 10.1. The molecule has 0 saturated heterocycles. The summed E-state index contributed by atoms with van der Waals surface area (Å²) in [6, 6.07) is 6.89. The molecule has 5 nitrogen and oxygen atoms in total. The van der Waals surface area contributed by atoms with Gasteiger partial charge in [-0.25, -0.2) is 4.79 Å². The predicted octanol–water partition coefficient (Wildman–Crippen LogP) is 2.23. The van der Waals surface area contributed by atoms with E-state index in [1.807, 2.05) is 32.0 Å². The average Bonchev–Trinajstić information content (AvgIpc) is 2.43. The molecule has 1 atom stereocenters. The Morgan fingerprint density at radius 1 is 1.30 bits per heavy atom. The zero-order valence-electron chi connectivity index (χ0n) is 11.7. The summed E-state index contributed by atoms with van der Waals surface area (Å²) in [5.74, 6) is -0.377. The molecule has 20 heavy (non-hydrogen) atoms. The normalized spacial score (nSPS) is 11.8. The molecule has 0 radical (unpaired) electrons. The third-order valence-electron chi connectivity index (χ3n) is 2.73. The standard InChI is InChI=1S/C14H20ClN3O2/c1-3-8-16-14(20)18-13(19)9-17-10(2)11-6-4-5-7-12(11)15/h4-7,10,17H,3,8-9H2,1-2H3,(H2,16,18,19,20)/t10-/m1/s1. The molecule has 3 N–H and O–H groups in total. The van der Waals surface area contributed by atoms with Gasteiger partial charge in [0, 0.05) is 17.6 Å². The molecular formula is C14H20ClN3O2. The average molecular weight is 298 g/mol. The van der Waals surface area contributed by atoms with Crippen molar-refractivity contribution in [2.75, 3.05) is 13.1 Å². The largest absolute Gasteiger partial charge is 0.338 e. The molecule has 3 amide bonds. The summed E-state index contributed by atoms with van der Waals surface area (Å²) in [7, 11) is 0. The molecule has 1 rings (SSSR count). The summed E-state index contributed by atoms with van der Waals surface area (Å²) < 4.78 is 0. The zero-order chi connectivity index (χ0) is 15.0. The second-order valence-electron chi connectivity index (χ2n) is 4.43. The van der Waals surface area contributed by atoms with Crippen LogP contribution in [0.5, 0.6) is 0 Å². The molecule has 110 valence electrons. The van der Waals surface area contributed by atoms with Gasteiger partial charge < -0.3 is 10.6 Å². The number of carbonyl (C=O) groups is 2. The Balaban J connectivity index is 2.37. The molecule has 0 heterocycles. The van der Waals surface area contributed by atoms with Crippen LogP contribution in [-0.2, 0) is 4.79 Å². The SMILES string of the molecule is CCCNC(=O)NC(=O)CN[C@H](C)c1ccccc1Cl. The summed E-state index contributed by atoms with van der Waals surface area (Å²) in [4.78, 5) is 22.9. The summed E-state index contributed by atoms with van der Waals surface area (Å²) in [5.41, 5.74) is 0.914. The van der Waals surface area contributed by atoms with Crippen molar-refractivity contribution in [3.8, 4) is 0 Å². The first-order valence-corrected chi connectivity index (χ1v) is 6.98. The van der Waals surface area contributed by atoms with E-state index in [4.69, 9.17) is 11.6 Å². The van der Waals surface area contributed by atoms with Crippen LogP contribution in [0.2, 0.25) is 5.02 Å². The minimum atomic E-state index is -0.468. The van der Waals surface area contributed by atoms with Crippen molar-refractivity contribution in [3.05, 3.63) is 34.9 Å². The molecule has 0 aromatic heterocycles. The maximum Gasteiger partial charge on any atom is 0.321 e. The summed E-state index contributed by atoms with van der Waals surface area (Å²) in [5, 5.41) is 8.49. The molecule has 0 bridgehead atoms. The minimum Gasteiger partial charge on any atom is -0.338 e. The number of nitrogens with one attached hydrogen (secondary N) is 3. The molecule has 0 saturated carbocycles. The fraction of sp³-hybridized carbons (Fsp3) is 0.429. The number of carbonyl (C=O) groups excluding carboxylic acids is 2. The molecule has 0 aliphatic carbocycles. The molecule has 1 aromatic rings. The predicted molar refractivity (Wildman–Crippen MR) is 79.7 cm³/mol. The highest BCUT2D eigenvalue weighted by atomic mass is 35.5. The number of hydrogen-bond donors (Lipinski definition) is 3. The first-order valence-electron chi connectivity index (χ1n) is 6.60. The highest BCUT2D eigenvalue weighted by Crippen LogP contribution is 2.21. The van der Waals surface area contributed by atoms with Gasteiger partial charge in [0.25, 0.3) is 0 Å². The maximum absolute atomic E-state index is 11.6. The lowest BCUT2D eigenvalue weighted by Crippen LogP contribution is -2.43. The number of hydrogen-bond acceptors (Lipinski definition) is 3. The summed E-state index contributed by atoms with van der Waals surface area (Å²) in [6.45, 7) is 4.44. The minimum absolute atomic E-state index is 0.0476. The Labute approximate surface area is 124 Å². The maximum atomic E-state index is 11.6. The van der Waals surface area contributed by atoms with Crippen molar-refractivity contribution in [3.63, 3.8) is 0 Å². The van der Waals surface area contributed by atoms with Crippen molar-refractivity contribution in [1.82, 2.24) is 16.0 Å². The van der Waals surface area contributed by atoms with Crippen LogP contribution in [0.4, 0.5) is 4.79 Å². The van der Waals surface area contributed by atoms with Gasteiger partial charge in [-0.2, -0.15) is 0 Å². The molecule has 0 fully saturated rings. The lowest BCUT2D eigenvalue weighted by Gasteiger charge is -2.15. The Kier molecular flexibility index (Phi) is 7.04. The summed E-state index contributed by atoms with van der Waals surface area (Å²) >= 11 is 6.07. The molecule has 0 aliphatic rings. The van der Waals surface area contributed by atoms with Crippen molar-refractivity contribution in [2.24, 2.45) is 0 Å². The van der Waals surface area contributed by atoms with E-state index in [1.165, 1.54) is 0 Å².